The molecule has 0 aliphatic rings. The molecule has 0 N–H and O–H groups in total. The van der Waals surface area contributed by atoms with Gasteiger partial charge in [-0.3, -0.25) is 4.79 Å². The first-order chi connectivity index (χ1) is 9.08. The Balaban J connectivity index is 2.74. The SMILES string of the molecule is CO/N=C(\CCCC(=O)OC)c1ccc(Cl)c(Cl)c1. The van der Waals surface area contributed by atoms with E-state index in [0.717, 1.165) is 5.56 Å². The van der Waals surface area contributed by atoms with Crippen LogP contribution < -0.4 is 0 Å². The molecule has 0 aliphatic carbocycles. The first kappa shape index (κ1) is 15.8. The van der Waals surface area contributed by atoms with Gasteiger partial charge in [0, 0.05) is 12.0 Å². The number of benzene rings is 1. The molecule has 1 aromatic carbocycles. The summed E-state index contributed by atoms with van der Waals surface area (Å²) in [7, 11) is 2.84. The summed E-state index contributed by atoms with van der Waals surface area (Å²) in [5.74, 6) is -0.245. The smallest absolute Gasteiger partial charge is 0.305 e. The summed E-state index contributed by atoms with van der Waals surface area (Å²) >= 11 is 11.8. The average molecular weight is 304 g/mol. The molecule has 0 heterocycles. The monoisotopic (exact) mass is 303 g/mol. The molecule has 0 spiro atoms. The summed E-state index contributed by atoms with van der Waals surface area (Å²) in [4.78, 5) is 15.9. The molecule has 0 saturated carbocycles. The lowest BCUT2D eigenvalue weighted by Gasteiger charge is -2.07. The predicted molar refractivity (Wildman–Crippen MR) is 75.9 cm³/mol. The molecule has 19 heavy (non-hydrogen) atoms. The van der Waals surface area contributed by atoms with E-state index < -0.39 is 0 Å². The molecular formula is C13H15Cl2NO3. The summed E-state index contributed by atoms with van der Waals surface area (Å²) in [6.07, 6.45) is 1.54. The maximum absolute atomic E-state index is 11.1. The summed E-state index contributed by atoms with van der Waals surface area (Å²) in [6, 6.07) is 5.23. The molecule has 1 rings (SSSR count). The Bertz CT molecular complexity index is 475. The third-order valence-corrected chi connectivity index (χ3v) is 3.22. The van der Waals surface area contributed by atoms with Crippen molar-refractivity contribution >= 4 is 34.9 Å². The van der Waals surface area contributed by atoms with E-state index in [1.54, 1.807) is 12.1 Å². The summed E-state index contributed by atoms with van der Waals surface area (Å²) in [6.45, 7) is 0. The highest BCUT2D eigenvalue weighted by molar-refractivity contribution is 6.42. The van der Waals surface area contributed by atoms with Crippen LogP contribution in [0, 0.1) is 0 Å². The Kier molecular flexibility index (Phi) is 6.67. The van der Waals surface area contributed by atoms with Crippen LogP contribution in [0.25, 0.3) is 0 Å². The van der Waals surface area contributed by atoms with Gasteiger partial charge in [-0.25, -0.2) is 0 Å². The van der Waals surface area contributed by atoms with Crippen LogP contribution in [-0.2, 0) is 14.4 Å². The lowest BCUT2D eigenvalue weighted by molar-refractivity contribution is -0.140. The van der Waals surface area contributed by atoms with E-state index in [0.29, 0.717) is 35.0 Å². The number of carbonyl (C=O) groups excluding carboxylic acids is 1. The number of hydrogen-bond donors (Lipinski definition) is 0. The second-order valence-electron chi connectivity index (χ2n) is 3.78. The Labute approximate surface area is 122 Å². The highest BCUT2D eigenvalue weighted by atomic mass is 35.5. The first-order valence-electron chi connectivity index (χ1n) is 5.70. The summed E-state index contributed by atoms with van der Waals surface area (Å²) in [5.41, 5.74) is 1.53. The van der Waals surface area contributed by atoms with Crippen LogP contribution in [-0.4, -0.2) is 25.9 Å². The lowest BCUT2D eigenvalue weighted by atomic mass is 10.0. The first-order valence-corrected chi connectivity index (χ1v) is 6.46. The fourth-order valence-electron chi connectivity index (χ4n) is 1.53. The molecule has 0 fully saturated rings. The highest BCUT2D eigenvalue weighted by Gasteiger charge is 2.09. The van der Waals surface area contributed by atoms with E-state index in [1.807, 2.05) is 6.07 Å². The van der Waals surface area contributed by atoms with Crippen molar-refractivity contribution in [2.24, 2.45) is 5.16 Å². The van der Waals surface area contributed by atoms with Crippen LogP contribution in [0.4, 0.5) is 0 Å². The second kappa shape index (κ2) is 8.02. The second-order valence-corrected chi connectivity index (χ2v) is 4.59. The van der Waals surface area contributed by atoms with Crippen molar-refractivity contribution in [2.45, 2.75) is 19.3 Å². The van der Waals surface area contributed by atoms with Gasteiger partial charge in [0.25, 0.3) is 0 Å². The lowest BCUT2D eigenvalue weighted by Crippen LogP contribution is -2.05. The van der Waals surface area contributed by atoms with Crippen LogP contribution >= 0.6 is 23.2 Å². The van der Waals surface area contributed by atoms with Crippen molar-refractivity contribution in [1.29, 1.82) is 0 Å². The summed E-state index contributed by atoms with van der Waals surface area (Å²) in [5, 5.41) is 4.89. The minimum absolute atomic E-state index is 0.245. The van der Waals surface area contributed by atoms with E-state index in [2.05, 4.69) is 9.89 Å². The van der Waals surface area contributed by atoms with Crippen LogP contribution in [0.15, 0.2) is 23.4 Å². The van der Waals surface area contributed by atoms with Crippen molar-refractivity contribution in [3.05, 3.63) is 33.8 Å². The number of nitrogens with zero attached hydrogens (tertiary/aromatic N) is 1. The van der Waals surface area contributed by atoms with Gasteiger partial charge in [-0.2, -0.15) is 0 Å². The maximum Gasteiger partial charge on any atom is 0.305 e. The molecule has 0 saturated heterocycles. The van der Waals surface area contributed by atoms with Gasteiger partial charge in [-0.1, -0.05) is 34.4 Å². The molecule has 1 aromatic rings. The molecule has 0 amide bonds. The van der Waals surface area contributed by atoms with E-state index in [9.17, 15) is 4.79 Å². The fraction of sp³-hybridized carbons (Fsp3) is 0.385. The van der Waals surface area contributed by atoms with Crippen molar-refractivity contribution in [3.63, 3.8) is 0 Å². The number of esters is 1. The molecule has 6 heteroatoms. The van der Waals surface area contributed by atoms with Crippen LogP contribution in [0.2, 0.25) is 10.0 Å². The van der Waals surface area contributed by atoms with Crippen LogP contribution in [0.1, 0.15) is 24.8 Å². The molecule has 0 unspecified atom stereocenters. The van der Waals surface area contributed by atoms with Gasteiger partial charge in [-0.05, 0) is 25.0 Å². The summed E-state index contributed by atoms with van der Waals surface area (Å²) < 4.78 is 4.58. The predicted octanol–water partition coefficient (Wildman–Crippen LogP) is 3.69. The minimum Gasteiger partial charge on any atom is -0.469 e. The van der Waals surface area contributed by atoms with Crippen molar-refractivity contribution < 1.29 is 14.4 Å². The Morgan fingerprint density at radius 1 is 1.21 bits per heavy atom. The number of carbonyl (C=O) groups is 1. The van der Waals surface area contributed by atoms with Crippen molar-refractivity contribution in [1.82, 2.24) is 0 Å². The Morgan fingerprint density at radius 3 is 2.53 bits per heavy atom. The number of halogens is 2. The number of rotatable bonds is 6. The molecular weight excluding hydrogens is 289 g/mol. The van der Waals surface area contributed by atoms with Gasteiger partial charge in [-0.15, -0.1) is 0 Å². The standard InChI is InChI=1S/C13H15Cl2NO3/c1-18-13(17)5-3-4-12(16-19-2)9-6-7-10(14)11(15)8-9/h6-8H,3-5H2,1-2H3/b16-12+. The van der Waals surface area contributed by atoms with Gasteiger partial charge in [0.1, 0.15) is 7.11 Å². The van der Waals surface area contributed by atoms with E-state index in [4.69, 9.17) is 28.0 Å². The fourth-order valence-corrected chi connectivity index (χ4v) is 1.83. The van der Waals surface area contributed by atoms with Gasteiger partial charge in [0.05, 0.1) is 22.9 Å². The normalized spacial score (nSPS) is 11.3. The van der Waals surface area contributed by atoms with E-state index in [-0.39, 0.29) is 5.97 Å². The topological polar surface area (TPSA) is 47.9 Å². The molecule has 0 bridgehead atoms. The van der Waals surface area contributed by atoms with Gasteiger partial charge in [0.2, 0.25) is 0 Å². The molecule has 0 aliphatic heterocycles. The average Bonchev–Trinajstić information content (AvgIpc) is 2.40. The quantitative estimate of drug-likeness (QED) is 0.457. The van der Waals surface area contributed by atoms with Crippen molar-refractivity contribution in [2.75, 3.05) is 14.2 Å². The maximum atomic E-state index is 11.1. The number of oxime groups is 1. The molecule has 0 radical (unpaired) electrons. The minimum atomic E-state index is -0.245. The molecule has 0 aromatic heterocycles. The van der Waals surface area contributed by atoms with E-state index in [1.165, 1.54) is 14.2 Å². The van der Waals surface area contributed by atoms with Gasteiger partial charge in [0.15, 0.2) is 0 Å². The molecule has 4 nitrogen and oxygen atoms in total. The largest absolute Gasteiger partial charge is 0.469 e. The third-order valence-electron chi connectivity index (χ3n) is 2.48. The van der Waals surface area contributed by atoms with Crippen LogP contribution in [0.3, 0.4) is 0 Å². The molecule has 0 atom stereocenters. The number of methoxy groups -OCH3 is 1. The zero-order chi connectivity index (χ0) is 14.3. The van der Waals surface area contributed by atoms with Crippen LogP contribution in [0.5, 0.6) is 0 Å². The number of hydrogen-bond acceptors (Lipinski definition) is 4. The Morgan fingerprint density at radius 2 is 1.95 bits per heavy atom. The Hall–Kier alpha value is -1.26. The highest BCUT2D eigenvalue weighted by Crippen LogP contribution is 2.23. The number of ether oxygens (including phenoxy) is 1. The zero-order valence-corrected chi connectivity index (χ0v) is 12.3. The van der Waals surface area contributed by atoms with Gasteiger partial charge < -0.3 is 9.57 Å². The molecule has 104 valence electrons. The zero-order valence-electron chi connectivity index (χ0n) is 10.8. The third kappa shape index (κ3) is 5.09. The van der Waals surface area contributed by atoms with E-state index >= 15 is 0 Å². The van der Waals surface area contributed by atoms with Crippen molar-refractivity contribution in [3.8, 4) is 0 Å². The van der Waals surface area contributed by atoms with Gasteiger partial charge >= 0.3 is 5.97 Å².